The van der Waals surface area contributed by atoms with Crippen molar-refractivity contribution in [1.82, 2.24) is 5.32 Å². The normalized spacial score (nSPS) is 11.4. The van der Waals surface area contributed by atoms with Crippen LogP contribution < -0.4 is 10.1 Å². The van der Waals surface area contributed by atoms with Gasteiger partial charge in [-0.15, -0.1) is 0 Å². The molecule has 0 bridgehead atoms. The van der Waals surface area contributed by atoms with Crippen LogP contribution in [0.2, 0.25) is 0 Å². The highest BCUT2D eigenvalue weighted by Crippen LogP contribution is 2.17. The Labute approximate surface area is 149 Å². The Bertz CT molecular complexity index is 673. The number of amides is 1. The molecule has 0 heterocycles. The summed E-state index contributed by atoms with van der Waals surface area (Å²) in [5.41, 5.74) is 0.893. The van der Waals surface area contributed by atoms with Crippen LogP contribution in [0.5, 0.6) is 5.75 Å². The first kappa shape index (κ1) is 18.0. The first-order valence-electron chi connectivity index (χ1n) is 7.44. The van der Waals surface area contributed by atoms with Gasteiger partial charge in [0.05, 0.1) is 0 Å². The average molecular weight is 392 g/mol. The number of carbonyl (C=O) groups is 2. The van der Waals surface area contributed by atoms with Crippen molar-refractivity contribution in [3.05, 3.63) is 64.6 Å². The molecule has 0 saturated heterocycles. The maximum atomic E-state index is 11.9. The van der Waals surface area contributed by atoms with Crippen LogP contribution >= 0.6 is 15.9 Å². The second-order valence-electron chi connectivity index (χ2n) is 5.08. The third kappa shape index (κ3) is 6.04. The third-order valence-electron chi connectivity index (χ3n) is 3.15. The zero-order chi connectivity index (χ0) is 17.4. The second-order valence-corrected chi connectivity index (χ2v) is 5.99. The Morgan fingerprint density at radius 2 is 1.75 bits per heavy atom. The van der Waals surface area contributed by atoms with E-state index in [0.717, 1.165) is 10.0 Å². The number of nitrogens with one attached hydrogen (secondary N) is 1. The summed E-state index contributed by atoms with van der Waals surface area (Å²) in [6, 6.07) is 16.5. The molecule has 1 unspecified atom stereocenters. The molecule has 24 heavy (non-hydrogen) atoms. The second kappa shape index (κ2) is 9.08. The molecular weight excluding hydrogens is 374 g/mol. The van der Waals surface area contributed by atoms with E-state index in [1.54, 1.807) is 19.1 Å². The molecule has 2 aromatic rings. The first-order valence-corrected chi connectivity index (χ1v) is 8.23. The number of halogens is 1. The number of hydrogen-bond acceptors (Lipinski definition) is 4. The molecule has 0 spiro atoms. The number of esters is 1. The highest BCUT2D eigenvalue weighted by molar-refractivity contribution is 9.10. The van der Waals surface area contributed by atoms with E-state index in [2.05, 4.69) is 21.2 Å². The standard InChI is InChI=1S/C18H18BrNO4/c1-13(24-16-9-7-15(19)8-10-16)18(22)20-11-17(21)23-12-14-5-3-2-4-6-14/h2-10,13H,11-12H2,1H3,(H,20,22). The zero-order valence-electron chi connectivity index (χ0n) is 13.2. The van der Waals surface area contributed by atoms with E-state index < -0.39 is 12.1 Å². The van der Waals surface area contributed by atoms with Crippen molar-refractivity contribution < 1.29 is 19.1 Å². The molecule has 0 aliphatic heterocycles. The van der Waals surface area contributed by atoms with E-state index in [0.29, 0.717) is 5.75 Å². The van der Waals surface area contributed by atoms with Crippen LogP contribution in [0.3, 0.4) is 0 Å². The van der Waals surface area contributed by atoms with E-state index in [-0.39, 0.29) is 19.1 Å². The molecule has 6 heteroatoms. The third-order valence-corrected chi connectivity index (χ3v) is 3.67. The van der Waals surface area contributed by atoms with Crippen LogP contribution in [0.25, 0.3) is 0 Å². The van der Waals surface area contributed by atoms with Gasteiger partial charge in [0.25, 0.3) is 5.91 Å². The fourth-order valence-electron chi connectivity index (χ4n) is 1.86. The summed E-state index contributed by atoms with van der Waals surface area (Å²) in [6.07, 6.45) is -0.715. The summed E-state index contributed by atoms with van der Waals surface area (Å²) < 4.78 is 11.5. The summed E-state index contributed by atoms with van der Waals surface area (Å²) in [4.78, 5) is 23.6. The summed E-state index contributed by atoms with van der Waals surface area (Å²) in [5.74, 6) is -0.301. The fourth-order valence-corrected chi connectivity index (χ4v) is 2.13. The molecule has 1 amide bonds. The first-order chi connectivity index (χ1) is 11.5. The molecule has 0 aromatic heterocycles. The van der Waals surface area contributed by atoms with Crippen LogP contribution in [0, 0.1) is 0 Å². The molecule has 0 saturated carbocycles. The van der Waals surface area contributed by atoms with Crippen LogP contribution in [-0.4, -0.2) is 24.5 Å². The molecule has 1 atom stereocenters. The van der Waals surface area contributed by atoms with Crippen molar-refractivity contribution >= 4 is 27.8 Å². The van der Waals surface area contributed by atoms with Gasteiger partial charge < -0.3 is 14.8 Å². The molecule has 0 radical (unpaired) electrons. The quantitative estimate of drug-likeness (QED) is 0.736. The molecule has 1 N–H and O–H groups in total. The van der Waals surface area contributed by atoms with Crippen LogP contribution in [0.15, 0.2) is 59.1 Å². The number of carbonyl (C=O) groups excluding carboxylic acids is 2. The van der Waals surface area contributed by atoms with Crippen LogP contribution in [0.1, 0.15) is 12.5 Å². The lowest BCUT2D eigenvalue weighted by Gasteiger charge is -2.14. The number of hydrogen-bond donors (Lipinski definition) is 1. The molecule has 5 nitrogen and oxygen atoms in total. The lowest BCUT2D eigenvalue weighted by atomic mass is 10.2. The minimum absolute atomic E-state index is 0.181. The minimum Gasteiger partial charge on any atom is -0.481 e. The van der Waals surface area contributed by atoms with E-state index in [4.69, 9.17) is 9.47 Å². The van der Waals surface area contributed by atoms with E-state index in [9.17, 15) is 9.59 Å². The minimum atomic E-state index is -0.715. The van der Waals surface area contributed by atoms with Gasteiger partial charge in [-0.05, 0) is 36.8 Å². The lowest BCUT2D eigenvalue weighted by Crippen LogP contribution is -2.39. The molecular formula is C18H18BrNO4. The molecule has 126 valence electrons. The highest BCUT2D eigenvalue weighted by atomic mass is 79.9. The smallest absolute Gasteiger partial charge is 0.325 e. The van der Waals surface area contributed by atoms with Crippen molar-refractivity contribution in [2.24, 2.45) is 0 Å². The van der Waals surface area contributed by atoms with Crippen LogP contribution in [0.4, 0.5) is 0 Å². The van der Waals surface area contributed by atoms with Crippen molar-refractivity contribution in [3.63, 3.8) is 0 Å². The fraction of sp³-hybridized carbons (Fsp3) is 0.222. The maximum absolute atomic E-state index is 11.9. The van der Waals surface area contributed by atoms with Gasteiger partial charge in [0.2, 0.25) is 0 Å². The van der Waals surface area contributed by atoms with Gasteiger partial charge >= 0.3 is 5.97 Å². The monoisotopic (exact) mass is 391 g/mol. The van der Waals surface area contributed by atoms with Gasteiger partial charge in [-0.3, -0.25) is 9.59 Å². The number of rotatable bonds is 7. The van der Waals surface area contributed by atoms with Crippen molar-refractivity contribution in [2.75, 3.05) is 6.54 Å². The predicted molar refractivity (Wildman–Crippen MR) is 93.5 cm³/mol. The summed E-state index contributed by atoms with van der Waals surface area (Å²) in [6.45, 7) is 1.60. The average Bonchev–Trinajstić information content (AvgIpc) is 2.60. The number of ether oxygens (including phenoxy) is 2. The molecule has 2 aromatic carbocycles. The lowest BCUT2D eigenvalue weighted by molar-refractivity contribution is -0.145. The Kier molecular flexibility index (Phi) is 6.81. The van der Waals surface area contributed by atoms with Gasteiger partial charge in [-0.2, -0.15) is 0 Å². The topological polar surface area (TPSA) is 64.6 Å². The van der Waals surface area contributed by atoms with Gasteiger partial charge in [0.15, 0.2) is 6.10 Å². The zero-order valence-corrected chi connectivity index (χ0v) is 14.8. The molecule has 0 fully saturated rings. The molecule has 0 aliphatic carbocycles. The number of benzene rings is 2. The summed E-state index contributed by atoms with van der Waals surface area (Å²) in [7, 11) is 0. The van der Waals surface area contributed by atoms with E-state index >= 15 is 0 Å². The molecule has 2 rings (SSSR count). The van der Waals surface area contributed by atoms with Gasteiger partial charge in [-0.1, -0.05) is 46.3 Å². The van der Waals surface area contributed by atoms with Crippen molar-refractivity contribution in [2.45, 2.75) is 19.6 Å². The largest absolute Gasteiger partial charge is 0.481 e. The van der Waals surface area contributed by atoms with Crippen LogP contribution in [-0.2, 0) is 20.9 Å². The van der Waals surface area contributed by atoms with Gasteiger partial charge in [-0.25, -0.2) is 0 Å². The summed E-state index contributed by atoms with van der Waals surface area (Å²) >= 11 is 3.33. The Morgan fingerprint density at radius 3 is 2.42 bits per heavy atom. The SMILES string of the molecule is CC(Oc1ccc(Br)cc1)C(=O)NCC(=O)OCc1ccccc1. The van der Waals surface area contributed by atoms with Crippen molar-refractivity contribution in [1.29, 1.82) is 0 Å². The predicted octanol–water partition coefficient (Wildman–Crippen LogP) is 3.08. The van der Waals surface area contributed by atoms with Gasteiger partial charge in [0, 0.05) is 4.47 Å². The maximum Gasteiger partial charge on any atom is 0.325 e. The Hall–Kier alpha value is -2.34. The van der Waals surface area contributed by atoms with E-state index in [1.807, 2.05) is 42.5 Å². The highest BCUT2D eigenvalue weighted by Gasteiger charge is 2.16. The van der Waals surface area contributed by atoms with Crippen molar-refractivity contribution in [3.8, 4) is 5.75 Å². The Balaban J connectivity index is 1.71. The molecule has 0 aliphatic rings. The van der Waals surface area contributed by atoms with Gasteiger partial charge in [0.1, 0.15) is 18.9 Å². The Morgan fingerprint density at radius 1 is 1.08 bits per heavy atom. The summed E-state index contributed by atoms with van der Waals surface area (Å²) in [5, 5.41) is 2.50. The van der Waals surface area contributed by atoms with E-state index in [1.165, 1.54) is 0 Å².